The standard InChI is InChI=1S/C20H26N2O4S/c1-20(2)14-22(13-12-19(20)21)27(23,24)18-10-8-17(9-11-18)26-16-6-4-15(25-3)5-7-16/h4-11,19H,12-14,21H2,1-3H3. The minimum absolute atomic E-state index is 0.00391. The zero-order chi connectivity index (χ0) is 19.7. The van der Waals surface area contributed by atoms with Crippen LogP contribution in [0.5, 0.6) is 17.2 Å². The summed E-state index contributed by atoms with van der Waals surface area (Å²) in [5.74, 6) is 1.96. The number of benzene rings is 2. The van der Waals surface area contributed by atoms with Crippen LogP contribution in [-0.2, 0) is 10.0 Å². The second kappa shape index (κ2) is 7.50. The maximum Gasteiger partial charge on any atom is 0.243 e. The van der Waals surface area contributed by atoms with Gasteiger partial charge in [-0.2, -0.15) is 4.31 Å². The molecule has 0 bridgehead atoms. The molecular formula is C20H26N2O4S. The zero-order valence-corrected chi connectivity index (χ0v) is 16.7. The molecule has 146 valence electrons. The van der Waals surface area contributed by atoms with Crippen molar-refractivity contribution in [3.05, 3.63) is 48.5 Å². The molecule has 27 heavy (non-hydrogen) atoms. The Hall–Kier alpha value is -2.09. The van der Waals surface area contributed by atoms with Gasteiger partial charge in [0.1, 0.15) is 17.2 Å². The van der Waals surface area contributed by atoms with Crippen molar-refractivity contribution in [2.45, 2.75) is 31.2 Å². The van der Waals surface area contributed by atoms with Gasteiger partial charge in [0.15, 0.2) is 0 Å². The molecule has 1 heterocycles. The van der Waals surface area contributed by atoms with Crippen molar-refractivity contribution in [1.29, 1.82) is 0 Å². The summed E-state index contributed by atoms with van der Waals surface area (Å²) in [6.45, 7) is 4.87. The molecule has 0 spiro atoms. The monoisotopic (exact) mass is 390 g/mol. The first-order valence-corrected chi connectivity index (χ1v) is 10.3. The van der Waals surface area contributed by atoms with Crippen molar-refractivity contribution in [3.63, 3.8) is 0 Å². The van der Waals surface area contributed by atoms with Gasteiger partial charge in [-0.1, -0.05) is 13.8 Å². The number of piperidine rings is 1. The van der Waals surface area contributed by atoms with Gasteiger partial charge in [0.25, 0.3) is 0 Å². The summed E-state index contributed by atoms with van der Waals surface area (Å²) in [4.78, 5) is 0.260. The minimum Gasteiger partial charge on any atom is -0.497 e. The number of nitrogens with two attached hydrogens (primary N) is 1. The quantitative estimate of drug-likeness (QED) is 0.848. The molecule has 2 N–H and O–H groups in total. The summed E-state index contributed by atoms with van der Waals surface area (Å²) in [6.07, 6.45) is 0.658. The second-order valence-electron chi connectivity index (χ2n) is 7.47. The number of nitrogens with zero attached hydrogens (tertiary/aromatic N) is 1. The van der Waals surface area contributed by atoms with Crippen LogP contribution in [-0.4, -0.2) is 39.0 Å². The van der Waals surface area contributed by atoms with Crippen molar-refractivity contribution < 1.29 is 17.9 Å². The summed E-state index contributed by atoms with van der Waals surface area (Å²) < 4.78 is 38.3. The van der Waals surface area contributed by atoms with E-state index in [1.54, 1.807) is 55.6 Å². The molecule has 3 rings (SSSR count). The van der Waals surface area contributed by atoms with Gasteiger partial charge < -0.3 is 15.2 Å². The Balaban J connectivity index is 1.73. The molecule has 1 aliphatic rings. The van der Waals surface area contributed by atoms with E-state index in [0.29, 0.717) is 31.0 Å². The highest BCUT2D eigenvalue weighted by Gasteiger charge is 2.38. The van der Waals surface area contributed by atoms with Crippen LogP contribution in [0.25, 0.3) is 0 Å². The molecule has 0 aliphatic carbocycles. The average Bonchev–Trinajstić information content (AvgIpc) is 2.65. The first-order chi connectivity index (χ1) is 12.7. The third-order valence-electron chi connectivity index (χ3n) is 5.03. The molecule has 0 amide bonds. The Morgan fingerprint density at radius 1 is 1.00 bits per heavy atom. The molecule has 6 nitrogen and oxygen atoms in total. The first kappa shape index (κ1) is 19.7. The van der Waals surface area contributed by atoms with Crippen LogP contribution in [0.2, 0.25) is 0 Å². The number of hydrogen-bond acceptors (Lipinski definition) is 5. The number of sulfonamides is 1. The lowest BCUT2D eigenvalue weighted by atomic mass is 9.81. The summed E-state index contributed by atoms with van der Waals surface area (Å²) in [6, 6.07) is 13.7. The molecule has 2 aromatic rings. The summed E-state index contributed by atoms with van der Waals surface area (Å²) in [7, 11) is -1.95. The Morgan fingerprint density at radius 2 is 1.52 bits per heavy atom. The van der Waals surface area contributed by atoms with Gasteiger partial charge in [-0.3, -0.25) is 0 Å². The van der Waals surface area contributed by atoms with E-state index in [2.05, 4.69) is 0 Å². The van der Waals surface area contributed by atoms with Gasteiger partial charge in [-0.05, 0) is 60.4 Å². The second-order valence-corrected chi connectivity index (χ2v) is 9.41. The van der Waals surface area contributed by atoms with Crippen LogP contribution in [0.1, 0.15) is 20.3 Å². The van der Waals surface area contributed by atoms with Crippen LogP contribution < -0.4 is 15.2 Å². The normalized spacial score (nSPS) is 20.2. The van der Waals surface area contributed by atoms with E-state index in [1.165, 1.54) is 4.31 Å². The van der Waals surface area contributed by atoms with Crippen LogP contribution in [0.15, 0.2) is 53.4 Å². The Morgan fingerprint density at radius 3 is 2.04 bits per heavy atom. The summed E-state index contributed by atoms with van der Waals surface area (Å²) >= 11 is 0. The first-order valence-electron chi connectivity index (χ1n) is 8.90. The van der Waals surface area contributed by atoms with Gasteiger partial charge in [-0.15, -0.1) is 0 Å². The van der Waals surface area contributed by atoms with Crippen molar-refractivity contribution in [2.24, 2.45) is 11.1 Å². The molecule has 1 unspecified atom stereocenters. The highest BCUT2D eigenvalue weighted by molar-refractivity contribution is 7.89. The molecule has 1 atom stereocenters. The van der Waals surface area contributed by atoms with Crippen LogP contribution in [0, 0.1) is 5.41 Å². The molecular weight excluding hydrogens is 364 g/mol. The number of ether oxygens (including phenoxy) is 2. The van der Waals surface area contributed by atoms with E-state index >= 15 is 0 Å². The topological polar surface area (TPSA) is 81.9 Å². The highest BCUT2D eigenvalue weighted by Crippen LogP contribution is 2.32. The van der Waals surface area contributed by atoms with E-state index < -0.39 is 10.0 Å². The summed E-state index contributed by atoms with van der Waals surface area (Å²) in [5.41, 5.74) is 5.87. The van der Waals surface area contributed by atoms with E-state index in [9.17, 15) is 8.42 Å². The predicted molar refractivity (Wildman–Crippen MR) is 105 cm³/mol. The molecule has 7 heteroatoms. The Labute approximate surface area is 160 Å². The van der Waals surface area contributed by atoms with E-state index in [1.807, 2.05) is 13.8 Å². The predicted octanol–water partition coefficient (Wildman–Crippen LogP) is 3.24. The van der Waals surface area contributed by atoms with Crippen LogP contribution in [0.4, 0.5) is 0 Å². The lowest BCUT2D eigenvalue weighted by molar-refractivity contribution is 0.155. The van der Waals surface area contributed by atoms with Crippen molar-refractivity contribution in [3.8, 4) is 17.2 Å². The maximum absolute atomic E-state index is 13.0. The molecule has 1 fully saturated rings. The van der Waals surface area contributed by atoms with Crippen molar-refractivity contribution in [1.82, 2.24) is 4.31 Å². The minimum atomic E-state index is -3.55. The highest BCUT2D eigenvalue weighted by atomic mass is 32.2. The Bertz CT molecular complexity index is 877. The van der Waals surface area contributed by atoms with Crippen molar-refractivity contribution >= 4 is 10.0 Å². The molecule has 0 radical (unpaired) electrons. The molecule has 1 aliphatic heterocycles. The fourth-order valence-electron chi connectivity index (χ4n) is 3.14. The van der Waals surface area contributed by atoms with Crippen LogP contribution in [0.3, 0.4) is 0 Å². The van der Waals surface area contributed by atoms with Gasteiger partial charge in [0.2, 0.25) is 10.0 Å². The smallest absolute Gasteiger partial charge is 0.243 e. The molecule has 1 saturated heterocycles. The maximum atomic E-state index is 13.0. The zero-order valence-electron chi connectivity index (χ0n) is 15.9. The van der Waals surface area contributed by atoms with Gasteiger partial charge in [0, 0.05) is 19.1 Å². The van der Waals surface area contributed by atoms with E-state index in [4.69, 9.17) is 15.2 Å². The third-order valence-corrected chi connectivity index (χ3v) is 6.89. The van der Waals surface area contributed by atoms with Gasteiger partial charge in [0.05, 0.1) is 12.0 Å². The van der Waals surface area contributed by atoms with Crippen LogP contribution >= 0.6 is 0 Å². The lowest BCUT2D eigenvalue weighted by Crippen LogP contribution is -2.53. The fourth-order valence-corrected chi connectivity index (χ4v) is 4.77. The fraction of sp³-hybridized carbons (Fsp3) is 0.400. The Kier molecular flexibility index (Phi) is 5.46. The lowest BCUT2D eigenvalue weighted by Gasteiger charge is -2.41. The van der Waals surface area contributed by atoms with Crippen molar-refractivity contribution in [2.75, 3.05) is 20.2 Å². The van der Waals surface area contributed by atoms with E-state index in [0.717, 1.165) is 5.75 Å². The molecule has 2 aromatic carbocycles. The third kappa shape index (κ3) is 4.26. The molecule has 0 aromatic heterocycles. The summed E-state index contributed by atoms with van der Waals surface area (Å²) in [5, 5.41) is 0. The SMILES string of the molecule is COc1ccc(Oc2ccc(S(=O)(=O)N3CCC(N)C(C)(C)C3)cc2)cc1. The number of methoxy groups -OCH3 is 1. The molecule has 0 saturated carbocycles. The van der Waals surface area contributed by atoms with Gasteiger partial charge >= 0.3 is 0 Å². The average molecular weight is 391 g/mol. The number of rotatable bonds is 5. The largest absolute Gasteiger partial charge is 0.497 e. The number of hydrogen-bond donors (Lipinski definition) is 1. The van der Waals surface area contributed by atoms with Gasteiger partial charge in [-0.25, -0.2) is 8.42 Å². The van der Waals surface area contributed by atoms with E-state index in [-0.39, 0.29) is 16.4 Å².